The minimum Gasteiger partial charge on any atom is -0.356 e. The molecular formula is C24H22N6O. The molecule has 7 heteroatoms. The Bertz CT molecular complexity index is 1220. The van der Waals surface area contributed by atoms with Gasteiger partial charge in [-0.05, 0) is 29.8 Å². The highest BCUT2D eigenvalue weighted by Gasteiger charge is 2.49. The van der Waals surface area contributed by atoms with Crippen LogP contribution in [-0.2, 0) is 0 Å². The van der Waals surface area contributed by atoms with Gasteiger partial charge in [-0.2, -0.15) is 5.10 Å². The van der Waals surface area contributed by atoms with Crippen LogP contribution in [-0.4, -0.2) is 50.0 Å². The van der Waals surface area contributed by atoms with E-state index < -0.39 is 0 Å². The highest BCUT2D eigenvalue weighted by Crippen LogP contribution is 2.46. The number of fused-ring (bicyclic) bond motifs is 2. The summed E-state index contributed by atoms with van der Waals surface area (Å²) in [5, 5.41) is 4.13. The topological polar surface area (TPSA) is 66.6 Å². The highest BCUT2D eigenvalue weighted by molar-refractivity contribution is 5.95. The number of hydrogen-bond acceptors (Lipinski definition) is 5. The van der Waals surface area contributed by atoms with Crippen molar-refractivity contribution in [2.24, 2.45) is 11.8 Å². The molecule has 3 atom stereocenters. The number of hydrogen-bond donors (Lipinski definition) is 0. The molecule has 0 N–H and O–H groups in total. The number of pyridine rings is 2. The molecule has 31 heavy (non-hydrogen) atoms. The van der Waals surface area contributed by atoms with Crippen molar-refractivity contribution in [3.05, 3.63) is 90.5 Å². The van der Waals surface area contributed by atoms with Gasteiger partial charge in [-0.1, -0.05) is 36.4 Å². The number of aromatic nitrogens is 4. The lowest BCUT2D eigenvalue weighted by atomic mass is 9.89. The van der Waals surface area contributed by atoms with Crippen LogP contribution >= 0.6 is 0 Å². The zero-order chi connectivity index (χ0) is 20.8. The molecule has 0 unspecified atom stereocenters. The Morgan fingerprint density at radius 1 is 0.935 bits per heavy atom. The zero-order valence-corrected chi connectivity index (χ0v) is 17.0. The van der Waals surface area contributed by atoms with Crippen molar-refractivity contribution in [2.45, 2.75) is 6.04 Å². The minimum atomic E-state index is 0.0431. The summed E-state index contributed by atoms with van der Waals surface area (Å²) in [5.41, 5.74) is 2.53. The zero-order valence-electron chi connectivity index (χ0n) is 17.0. The molecule has 4 aromatic rings. The molecule has 1 amide bonds. The SMILES string of the molecule is O=C(c1ccn2ncnc2c1)N1C[C@@H]2CN(c3ccccn3)C[C@@H]2[C@H]1c1ccccc1. The molecule has 0 bridgehead atoms. The monoisotopic (exact) mass is 410 g/mol. The maximum absolute atomic E-state index is 13.6. The van der Waals surface area contributed by atoms with Crippen LogP contribution in [0.4, 0.5) is 5.82 Å². The fourth-order valence-electron chi connectivity index (χ4n) is 5.17. The Balaban J connectivity index is 1.34. The first-order valence-electron chi connectivity index (χ1n) is 10.6. The first-order valence-corrected chi connectivity index (χ1v) is 10.6. The molecule has 7 nitrogen and oxygen atoms in total. The summed E-state index contributed by atoms with van der Waals surface area (Å²) in [5.74, 6) is 1.84. The summed E-state index contributed by atoms with van der Waals surface area (Å²) in [6, 6.07) is 20.1. The molecule has 0 saturated carbocycles. The predicted molar refractivity (Wildman–Crippen MR) is 117 cm³/mol. The van der Waals surface area contributed by atoms with E-state index >= 15 is 0 Å². The van der Waals surface area contributed by atoms with Crippen molar-refractivity contribution in [1.82, 2.24) is 24.5 Å². The van der Waals surface area contributed by atoms with Crippen molar-refractivity contribution in [2.75, 3.05) is 24.5 Å². The second-order valence-electron chi connectivity index (χ2n) is 8.31. The van der Waals surface area contributed by atoms with E-state index in [0.717, 1.165) is 25.5 Å². The third kappa shape index (κ3) is 3.04. The Labute approximate surface area is 180 Å². The number of carbonyl (C=O) groups excluding carboxylic acids is 1. The van der Waals surface area contributed by atoms with Crippen molar-refractivity contribution >= 4 is 17.4 Å². The summed E-state index contributed by atoms with van der Waals surface area (Å²) in [6.07, 6.45) is 5.14. The van der Waals surface area contributed by atoms with E-state index in [-0.39, 0.29) is 11.9 Å². The normalized spacial score (nSPS) is 22.8. The Morgan fingerprint density at radius 2 is 1.81 bits per heavy atom. The Morgan fingerprint density at radius 3 is 2.65 bits per heavy atom. The molecule has 154 valence electrons. The van der Waals surface area contributed by atoms with Gasteiger partial charge >= 0.3 is 0 Å². The standard InChI is InChI=1S/C24H22N6O/c31-24(18-9-11-30-22(12-18)26-16-27-30)29-14-19-13-28(21-8-4-5-10-25-21)15-20(19)23(29)17-6-2-1-3-7-17/h1-12,16,19-20,23H,13-15H2/t19-,20-,23+/m0/s1. The number of rotatable bonds is 3. The molecule has 6 rings (SSSR count). The third-order valence-electron chi connectivity index (χ3n) is 6.57. The van der Waals surface area contributed by atoms with Crippen molar-refractivity contribution in [1.29, 1.82) is 0 Å². The molecule has 0 radical (unpaired) electrons. The molecule has 2 aliphatic heterocycles. The molecule has 2 saturated heterocycles. The molecule has 2 fully saturated rings. The van der Waals surface area contributed by atoms with Crippen LogP contribution in [0, 0.1) is 11.8 Å². The van der Waals surface area contributed by atoms with Crippen LogP contribution in [0.3, 0.4) is 0 Å². The van der Waals surface area contributed by atoms with Gasteiger partial charge in [0.1, 0.15) is 12.1 Å². The van der Waals surface area contributed by atoms with Gasteiger partial charge in [-0.3, -0.25) is 4.79 Å². The van der Waals surface area contributed by atoms with E-state index in [1.807, 2.05) is 36.5 Å². The van der Waals surface area contributed by atoms with Crippen LogP contribution in [0.2, 0.25) is 0 Å². The second kappa shape index (κ2) is 7.19. The first-order chi connectivity index (χ1) is 15.3. The lowest BCUT2D eigenvalue weighted by molar-refractivity contribution is 0.0715. The van der Waals surface area contributed by atoms with E-state index in [4.69, 9.17) is 0 Å². The van der Waals surface area contributed by atoms with E-state index in [9.17, 15) is 4.79 Å². The fraction of sp³-hybridized carbons (Fsp3) is 0.250. The molecule has 2 aliphatic rings. The summed E-state index contributed by atoms with van der Waals surface area (Å²) in [4.78, 5) is 26.8. The molecule has 0 spiro atoms. The number of benzene rings is 1. The lowest BCUT2D eigenvalue weighted by Gasteiger charge is -2.30. The molecule has 5 heterocycles. The van der Waals surface area contributed by atoms with Crippen LogP contribution in [0.5, 0.6) is 0 Å². The molecule has 3 aromatic heterocycles. The smallest absolute Gasteiger partial charge is 0.254 e. The van der Waals surface area contributed by atoms with Gasteiger partial charge in [0, 0.05) is 49.4 Å². The predicted octanol–water partition coefficient (Wildman–Crippen LogP) is 3.07. The van der Waals surface area contributed by atoms with Gasteiger partial charge < -0.3 is 9.80 Å². The summed E-state index contributed by atoms with van der Waals surface area (Å²) in [6.45, 7) is 2.55. The third-order valence-corrected chi connectivity index (χ3v) is 6.57. The number of amides is 1. The molecular weight excluding hydrogens is 388 g/mol. The Hall–Kier alpha value is -3.74. The van der Waals surface area contributed by atoms with Gasteiger partial charge in [-0.25, -0.2) is 14.5 Å². The second-order valence-corrected chi connectivity index (χ2v) is 8.31. The van der Waals surface area contributed by atoms with Gasteiger partial charge in [0.15, 0.2) is 5.65 Å². The van der Waals surface area contributed by atoms with Gasteiger partial charge in [0.2, 0.25) is 0 Å². The van der Waals surface area contributed by atoms with E-state index in [1.165, 1.54) is 11.9 Å². The van der Waals surface area contributed by atoms with Crippen molar-refractivity contribution in [3.8, 4) is 0 Å². The van der Waals surface area contributed by atoms with Crippen molar-refractivity contribution in [3.63, 3.8) is 0 Å². The fourth-order valence-corrected chi connectivity index (χ4v) is 5.17. The van der Waals surface area contributed by atoms with E-state index in [2.05, 4.69) is 55.2 Å². The van der Waals surface area contributed by atoms with Crippen LogP contribution in [0.15, 0.2) is 79.4 Å². The van der Waals surface area contributed by atoms with E-state index in [0.29, 0.717) is 23.0 Å². The van der Waals surface area contributed by atoms with Crippen molar-refractivity contribution < 1.29 is 4.79 Å². The van der Waals surface area contributed by atoms with Crippen LogP contribution < -0.4 is 4.90 Å². The van der Waals surface area contributed by atoms with Crippen LogP contribution in [0.25, 0.3) is 5.65 Å². The number of anilines is 1. The molecule has 1 aromatic carbocycles. The summed E-state index contributed by atoms with van der Waals surface area (Å²) >= 11 is 0. The van der Waals surface area contributed by atoms with Crippen LogP contribution in [0.1, 0.15) is 22.0 Å². The molecule has 0 aliphatic carbocycles. The number of carbonyl (C=O) groups is 1. The Kier molecular flexibility index (Phi) is 4.19. The minimum absolute atomic E-state index is 0.0431. The highest BCUT2D eigenvalue weighted by atomic mass is 16.2. The number of likely N-dealkylation sites (tertiary alicyclic amines) is 1. The summed E-state index contributed by atoms with van der Waals surface area (Å²) < 4.78 is 1.68. The summed E-state index contributed by atoms with van der Waals surface area (Å²) in [7, 11) is 0. The first kappa shape index (κ1) is 18.1. The maximum Gasteiger partial charge on any atom is 0.254 e. The van der Waals surface area contributed by atoms with E-state index in [1.54, 1.807) is 10.7 Å². The largest absolute Gasteiger partial charge is 0.356 e. The van der Waals surface area contributed by atoms with Gasteiger partial charge in [0.25, 0.3) is 5.91 Å². The number of nitrogens with zero attached hydrogens (tertiary/aromatic N) is 6. The quantitative estimate of drug-likeness (QED) is 0.519. The lowest BCUT2D eigenvalue weighted by Crippen LogP contribution is -2.36. The van der Waals surface area contributed by atoms with Gasteiger partial charge in [0.05, 0.1) is 6.04 Å². The average molecular weight is 410 g/mol. The van der Waals surface area contributed by atoms with Gasteiger partial charge in [-0.15, -0.1) is 0 Å². The average Bonchev–Trinajstić information content (AvgIpc) is 3.53. The maximum atomic E-state index is 13.6.